The molecule has 0 aliphatic carbocycles. The number of nitrogens with one attached hydrogen (secondary N) is 2. The second-order valence-electron chi connectivity index (χ2n) is 6.66. The zero-order valence-corrected chi connectivity index (χ0v) is 18.1. The molecule has 0 bridgehead atoms. The highest BCUT2D eigenvalue weighted by Crippen LogP contribution is 2.27. The Morgan fingerprint density at radius 2 is 1.81 bits per heavy atom. The van der Waals surface area contributed by atoms with Crippen LogP contribution in [0, 0.1) is 5.82 Å². The van der Waals surface area contributed by atoms with Crippen molar-refractivity contribution in [3.05, 3.63) is 89.2 Å². The molecule has 9 heteroatoms. The van der Waals surface area contributed by atoms with Gasteiger partial charge >= 0.3 is 0 Å². The first-order chi connectivity index (χ1) is 14.8. The van der Waals surface area contributed by atoms with Gasteiger partial charge in [-0.1, -0.05) is 48.0 Å². The van der Waals surface area contributed by atoms with Crippen LogP contribution in [-0.4, -0.2) is 27.5 Å². The highest BCUT2D eigenvalue weighted by molar-refractivity contribution is 7.89. The van der Waals surface area contributed by atoms with Crippen molar-refractivity contribution in [2.24, 2.45) is 0 Å². The van der Waals surface area contributed by atoms with E-state index in [0.29, 0.717) is 0 Å². The molecule has 0 aliphatic rings. The van der Waals surface area contributed by atoms with E-state index in [9.17, 15) is 17.6 Å². The van der Waals surface area contributed by atoms with Crippen LogP contribution in [0.4, 0.5) is 10.1 Å². The molecule has 0 saturated carbocycles. The van der Waals surface area contributed by atoms with E-state index in [1.165, 1.54) is 43.5 Å². The van der Waals surface area contributed by atoms with Gasteiger partial charge in [0.05, 0.1) is 7.11 Å². The van der Waals surface area contributed by atoms with Crippen molar-refractivity contribution < 1.29 is 22.3 Å². The number of amides is 1. The number of benzene rings is 3. The Bertz CT molecular complexity index is 1170. The number of sulfonamides is 1. The van der Waals surface area contributed by atoms with E-state index in [4.69, 9.17) is 16.3 Å². The zero-order chi connectivity index (χ0) is 22.4. The fraction of sp³-hybridized carbons (Fsp3) is 0.136. The van der Waals surface area contributed by atoms with E-state index in [0.717, 1.165) is 11.6 Å². The van der Waals surface area contributed by atoms with E-state index in [1.54, 1.807) is 24.3 Å². The number of hydrogen-bond donors (Lipinski definition) is 2. The summed E-state index contributed by atoms with van der Waals surface area (Å²) in [4.78, 5) is 12.7. The number of ether oxygens (including phenoxy) is 1. The molecule has 0 aromatic heterocycles. The minimum Gasteiger partial charge on any atom is -0.495 e. The van der Waals surface area contributed by atoms with Gasteiger partial charge in [0.2, 0.25) is 15.9 Å². The lowest BCUT2D eigenvalue weighted by Gasteiger charge is -2.20. The SMILES string of the molecule is COc1ccc(Cl)cc1S(=O)(=O)N[C@H](Cc1ccccc1)C(=O)Nc1cccc(F)c1. The van der Waals surface area contributed by atoms with Gasteiger partial charge in [0.1, 0.15) is 22.5 Å². The number of rotatable bonds is 8. The average molecular weight is 463 g/mol. The van der Waals surface area contributed by atoms with Crippen LogP contribution in [0.3, 0.4) is 0 Å². The fourth-order valence-electron chi connectivity index (χ4n) is 2.94. The van der Waals surface area contributed by atoms with Crippen LogP contribution in [0.25, 0.3) is 0 Å². The summed E-state index contributed by atoms with van der Waals surface area (Å²) in [7, 11) is -2.85. The molecule has 0 saturated heterocycles. The van der Waals surface area contributed by atoms with E-state index in [2.05, 4.69) is 10.0 Å². The van der Waals surface area contributed by atoms with E-state index in [1.807, 2.05) is 6.07 Å². The standard InChI is InChI=1S/C22H20ClFN2O4S/c1-30-20-11-10-16(23)13-21(20)31(28,29)26-19(12-15-6-3-2-4-7-15)22(27)25-18-9-5-8-17(24)14-18/h2-11,13-14,19,26H,12H2,1H3,(H,25,27)/t19-/m1/s1. The van der Waals surface area contributed by atoms with Crippen LogP contribution in [-0.2, 0) is 21.2 Å². The molecule has 0 fully saturated rings. The molecule has 0 heterocycles. The summed E-state index contributed by atoms with van der Waals surface area (Å²) in [5, 5.41) is 2.75. The van der Waals surface area contributed by atoms with Crippen molar-refractivity contribution >= 4 is 33.2 Å². The highest BCUT2D eigenvalue weighted by atomic mass is 35.5. The van der Waals surface area contributed by atoms with Gasteiger partial charge in [-0.05, 0) is 48.4 Å². The summed E-state index contributed by atoms with van der Waals surface area (Å²) in [6.07, 6.45) is 0.0735. The Hall–Kier alpha value is -2.94. The van der Waals surface area contributed by atoms with Gasteiger partial charge in [-0.15, -0.1) is 0 Å². The number of anilines is 1. The molecule has 0 radical (unpaired) electrons. The van der Waals surface area contributed by atoms with Gasteiger partial charge in [-0.2, -0.15) is 4.72 Å². The quantitative estimate of drug-likeness (QED) is 0.529. The first-order valence-corrected chi connectivity index (χ1v) is 11.1. The van der Waals surface area contributed by atoms with Crippen LogP contribution >= 0.6 is 11.6 Å². The van der Waals surface area contributed by atoms with Crippen LogP contribution < -0.4 is 14.8 Å². The second-order valence-corrected chi connectivity index (χ2v) is 8.78. The molecule has 3 rings (SSSR count). The Kier molecular flexibility index (Phi) is 7.27. The molecular weight excluding hydrogens is 443 g/mol. The maximum Gasteiger partial charge on any atom is 0.245 e. The Morgan fingerprint density at radius 1 is 1.06 bits per heavy atom. The number of carbonyl (C=O) groups excluding carboxylic acids is 1. The lowest BCUT2D eigenvalue weighted by atomic mass is 10.1. The van der Waals surface area contributed by atoms with Crippen LogP contribution in [0.5, 0.6) is 5.75 Å². The van der Waals surface area contributed by atoms with E-state index < -0.39 is 27.8 Å². The van der Waals surface area contributed by atoms with Gasteiger partial charge in [-0.3, -0.25) is 4.79 Å². The van der Waals surface area contributed by atoms with Gasteiger partial charge in [-0.25, -0.2) is 12.8 Å². The lowest BCUT2D eigenvalue weighted by molar-refractivity contribution is -0.117. The molecule has 31 heavy (non-hydrogen) atoms. The summed E-state index contributed by atoms with van der Waals surface area (Å²) >= 11 is 5.97. The number of hydrogen-bond acceptors (Lipinski definition) is 4. The van der Waals surface area contributed by atoms with Crippen molar-refractivity contribution in [1.29, 1.82) is 0 Å². The summed E-state index contributed by atoms with van der Waals surface area (Å²) in [5.74, 6) is -1.08. The summed E-state index contributed by atoms with van der Waals surface area (Å²) < 4.78 is 47.2. The highest BCUT2D eigenvalue weighted by Gasteiger charge is 2.28. The molecule has 0 spiro atoms. The van der Waals surface area contributed by atoms with Crippen LogP contribution in [0.2, 0.25) is 5.02 Å². The molecule has 6 nitrogen and oxygen atoms in total. The Morgan fingerprint density at radius 3 is 2.48 bits per heavy atom. The molecule has 2 N–H and O–H groups in total. The van der Waals surface area contributed by atoms with Crippen LogP contribution in [0.1, 0.15) is 5.56 Å². The first-order valence-electron chi connectivity index (χ1n) is 9.25. The number of methoxy groups -OCH3 is 1. The second kappa shape index (κ2) is 9.91. The molecule has 1 amide bonds. The summed E-state index contributed by atoms with van der Waals surface area (Å²) in [6.45, 7) is 0. The zero-order valence-electron chi connectivity index (χ0n) is 16.5. The average Bonchev–Trinajstić information content (AvgIpc) is 2.74. The molecule has 3 aromatic carbocycles. The largest absolute Gasteiger partial charge is 0.495 e. The molecule has 162 valence electrons. The fourth-order valence-corrected chi connectivity index (χ4v) is 4.57. The molecular formula is C22H20ClFN2O4S. The molecule has 1 atom stereocenters. The predicted molar refractivity (Wildman–Crippen MR) is 117 cm³/mol. The van der Waals surface area contributed by atoms with Gasteiger partial charge in [0, 0.05) is 10.7 Å². The molecule has 0 aliphatic heterocycles. The summed E-state index contributed by atoms with van der Waals surface area (Å²) in [5.41, 5.74) is 0.949. The minimum absolute atomic E-state index is 0.0735. The Balaban J connectivity index is 1.92. The van der Waals surface area contributed by atoms with E-state index in [-0.39, 0.29) is 27.8 Å². The van der Waals surface area contributed by atoms with Gasteiger partial charge in [0.15, 0.2) is 0 Å². The first kappa shape index (κ1) is 22.7. The summed E-state index contributed by atoms with van der Waals surface area (Å²) in [6, 6.07) is 17.3. The number of halogens is 2. The van der Waals surface area contributed by atoms with E-state index >= 15 is 0 Å². The molecule has 3 aromatic rings. The predicted octanol–water partition coefficient (Wildman–Crippen LogP) is 4.02. The third-order valence-electron chi connectivity index (χ3n) is 4.40. The third-order valence-corrected chi connectivity index (χ3v) is 6.13. The van der Waals surface area contributed by atoms with Crippen molar-refractivity contribution in [1.82, 2.24) is 4.72 Å². The monoisotopic (exact) mass is 462 g/mol. The van der Waals surface area contributed by atoms with Crippen molar-refractivity contribution in [3.8, 4) is 5.75 Å². The lowest BCUT2D eigenvalue weighted by Crippen LogP contribution is -2.45. The minimum atomic E-state index is -4.18. The van der Waals surface area contributed by atoms with Crippen molar-refractivity contribution in [3.63, 3.8) is 0 Å². The topological polar surface area (TPSA) is 84.5 Å². The number of carbonyl (C=O) groups is 1. The maximum atomic E-state index is 13.5. The van der Waals surface area contributed by atoms with Gasteiger partial charge in [0.25, 0.3) is 0 Å². The van der Waals surface area contributed by atoms with Crippen LogP contribution in [0.15, 0.2) is 77.7 Å². The smallest absolute Gasteiger partial charge is 0.245 e. The normalized spacial score (nSPS) is 12.2. The van der Waals surface area contributed by atoms with Crippen molar-refractivity contribution in [2.45, 2.75) is 17.4 Å². The Labute approximate surface area is 185 Å². The molecule has 0 unspecified atom stereocenters. The van der Waals surface area contributed by atoms with Gasteiger partial charge < -0.3 is 10.1 Å². The maximum absolute atomic E-state index is 13.5. The van der Waals surface area contributed by atoms with Crippen molar-refractivity contribution in [2.75, 3.05) is 12.4 Å². The third kappa shape index (κ3) is 6.04.